The monoisotopic (exact) mass is 169 g/mol. The molecule has 2 aromatic heterocycles. The Balaban J connectivity index is 2.96. The maximum atomic E-state index is 5.69. The highest BCUT2D eigenvalue weighted by Crippen LogP contribution is 2.12. The molecule has 0 radical (unpaired) electrons. The van der Waals surface area contributed by atoms with Gasteiger partial charge in [-0.05, 0) is 11.6 Å². The van der Waals surface area contributed by atoms with Crippen molar-refractivity contribution in [3.63, 3.8) is 0 Å². The summed E-state index contributed by atoms with van der Waals surface area (Å²) < 4.78 is 1.51. The average molecular weight is 170 g/mol. The van der Waals surface area contributed by atoms with Gasteiger partial charge in [-0.3, -0.25) is 4.40 Å². The highest BCUT2D eigenvalue weighted by molar-refractivity contribution is 6.28. The highest BCUT2D eigenvalue weighted by atomic mass is 35.5. The molecule has 0 unspecified atom stereocenters. The number of halogens is 1. The molecule has 2 rings (SSSR count). The van der Waals surface area contributed by atoms with E-state index in [1.54, 1.807) is 0 Å². The maximum absolute atomic E-state index is 5.69. The molecule has 0 aliphatic rings. The molecular formula is C5H4ClN5. The molecule has 2 N–H and O–H groups in total. The molecule has 2 aromatic rings. The first-order valence-corrected chi connectivity index (χ1v) is 3.26. The van der Waals surface area contributed by atoms with Gasteiger partial charge in [0.05, 0.1) is 11.9 Å². The molecule has 0 atom stereocenters. The van der Waals surface area contributed by atoms with Crippen molar-refractivity contribution in [1.82, 2.24) is 19.6 Å². The quantitative estimate of drug-likeness (QED) is 0.579. The number of nitrogens with zero attached hydrogens (tertiary/aromatic N) is 4. The Kier molecular flexibility index (Phi) is 1.19. The smallest absolute Gasteiger partial charge is 0.209 e. The van der Waals surface area contributed by atoms with E-state index in [-0.39, 0.29) is 0 Å². The van der Waals surface area contributed by atoms with Gasteiger partial charge in [0.1, 0.15) is 6.33 Å². The van der Waals surface area contributed by atoms with Crippen LogP contribution in [0.2, 0.25) is 5.28 Å². The first kappa shape index (κ1) is 6.36. The van der Waals surface area contributed by atoms with Gasteiger partial charge < -0.3 is 5.73 Å². The minimum absolute atomic E-state index is 0.305. The molecule has 56 valence electrons. The molecule has 0 saturated heterocycles. The molecule has 5 nitrogen and oxygen atoms in total. The van der Waals surface area contributed by atoms with Gasteiger partial charge in [-0.1, -0.05) is 0 Å². The van der Waals surface area contributed by atoms with E-state index in [1.165, 1.54) is 16.9 Å². The number of hydrogen-bond donors (Lipinski definition) is 1. The molecule has 6 heteroatoms. The molecule has 0 aliphatic heterocycles. The van der Waals surface area contributed by atoms with E-state index in [0.717, 1.165) is 0 Å². The third-order valence-corrected chi connectivity index (χ3v) is 1.59. The van der Waals surface area contributed by atoms with Crippen LogP contribution in [0.3, 0.4) is 0 Å². The van der Waals surface area contributed by atoms with Crippen molar-refractivity contribution in [2.45, 2.75) is 0 Å². The number of fused-ring (bicyclic) bond motifs is 1. The minimum Gasteiger partial charge on any atom is -0.394 e. The summed E-state index contributed by atoms with van der Waals surface area (Å²) in [6.45, 7) is 0. The molecule has 0 fully saturated rings. The zero-order valence-corrected chi connectivity index (χ0v) is 6.15. The Bertz CT molecular complexity index is 359. The van der Waals surface area contributed by atoms with Crippen molar-refractivity contribution < 1.29 is 0 Å². The summed E-state index contributed by atoms with van der Waals surface area (Å²) in [5.74, 6) is 0. The van der Waals surface area contributed by atoms with Crippen LogP contribution in [0.1, 0.15) is 0 Å². The van der Waals surface area contributed by atoms with E-state index < -0.39 is 0 Å². The highest BCUT2D eigenvalue weighted by Gasteiger charge is 2.03. The maximum Gasteiger partial charge on any atom is 0.209 e. The molecule has 11 heavy (non-hydrogen) atoms. The number of aromatic nitrogens is 4. The summed E-state index contributed by atoms with van der Waals surface area (Å²) in [6.07, 6.45) is 2.91. The Morgan fingerprint density at radius 2 is 2.36 bits per heavy atom. The second-order valence-electron chi connectivity index (χ2n) is 2.01. The fraction of sp³-hybridized carbons (Fsp3) is 0. The van der Waals surface area contributed by atoms with Crippen molar-refractivity contribution in [3.8, 4) is 0 Å². The van der Waals surface area contributed by atoms with Gasteiger partial charge in [-0.25, -0.2) is 4.98 Å². The zero-order valence-electron chi connectivity index (χ0n) is 5.40. The predicted molar refractivity (Wildman–Crippen MR) is 40.2 cm³/mol. The second kappa shape index (κ2) is 2.06. The van der Waals surface area contributed by atoms with Gasteiger partial charge in [-0.2, -0.15) is 0 Å². The molecule has 0 spiro atoms. The van der Waals surface area contributed by atoms with Crippen LogP contribution in [-0.4, -0.2) is 19.6 Å². The number of anilines is 1. The largest absolute Gasteiger partial charge is 0.394 e. The Morgan fingerprint density at radius 1 is 1.55 bits per heavy atom. The van der Waals surface area contributed by atoms with Crippen molar-refractivity contribution in [1.29, 1.82) is 0 Å². The van der Waals surface area contributed by atoms with Crippen LogP contribution in [0, 0.1) is 0 Å². The van der Waals surface area contributed by atoms with Crippen molar-refractivity contribution in [2.24, 2.45) is 0 Å². The predicted octanol–water partition coefficient (Wildman–Crippen LogP) is 0.360. The minimum atomic E-state index is 0.305. The lowest BCUT2D eigenvalue weighted by Crippen LogP contribution is -1.95. The molecular weight excluding hydrogens is 166 g/mol. The van der Waals surface area contributed by atoms with E-state index >= 15 is 0 Å². The van der Waals surface area contributed by atoms with E-state index in [0.29, 0.717) is 16.6 Å². The number of nitrogens with two attached hydrogens (primary N) is 1. The van der Waals surface area contributed by atoms with Crippen LogP contribution in [0.4, 0.5) is 5.69 Å². The first-order valence-electron chi connectivity index (χ1n) is 2.89. The molecule has 0 saturated carbocycles. The van der Waals surface area contributed by atoms with Gasteiger partial charge in [0, 0.05) is 0 Å². The average Bonchev–Trinajstić information content (AvgIpc) is 2.45. The Labute approximate surface area is 66.8 Å². The molecule has 2 heterocycles. The van der Waals surface area contributed by atoms with Crippen LogP contribution in [0.15, 0.2) is 12.5 Å². The zero-order chi connectivity index (χ0) is 7.84. The lowest BCUT2D eigenvalue weighted by Gasteiger charge is -1.96. The first-order chi connectivity index (χ1) is 5.29. The van der Waals surface area contributed by atoms with Crippen molar-refractivity contribution in [2.75, 3.05) is 5.73 Å². The van der Waals surface area contributed by atoms with Gasteiger partial charge in [0.25, 0.3) is 0 Å². The van der Waals surface area contributed by atoms with Gasteiger partial charge in [0.2, 0.25) is 5.28 Å². The lowest BCUT2D eigenvalue weighted by atomic mass is 10.5. The van der Waals surface area contributed by atoms with Crippen molar-refractivity contribution >= 4 is 22.9 Å². The van der Waals surface area contributed by atoms with Gasteiger partial charge >= 0.3 is 0 Å². The number of nitrogen functional groups attached to an aromatic ring is 1. The summed E-state index contributed by atoms with van der Waals surface area (Å²) in [6, 6.07) is 0. The second-order valence-corrected chi connectivity index (χ2v) is 2.35. The fourth-order valence-electron chi connectivity index (χ4n) is 0.810. The third-order valence-electron chi connectivity index (χ3n) is 1.31. The van der Waals surface area contributed by atoms with E-state index in [4.69, 9.17) is 17.3 Å². The van der Waals surface area contributed by atoms with E-state index in [2.05, 4.69) is 15.2 Å². The normalized spacial score (nSPS) is 10.6. The van der Waals surface area contributed by atoms with Gasteiger partial charge in [-0.15, -0.1) is 10.2 Å². The summed E-state index contributed by atoms with van der Waals surface area (Å²) in [5.41, 5.74) is 6.52. The summed E-state index contributed by atoms with van der Waals surface area (Å²) >= 11 is 5.69. The van der Waals surface area contributed by atoms with E-state index in [1.807, 2.05) is 0 Å². The summed E-state index contributed by atoms with van der Waals surface area (Å²) in [5, 5.41) is 7.68. The summed E-state index contributed by atoms with van der Waals surface area (Å²) in [7, 11) is 0. The molecule has 0 amide bonds. The SMILES string of the molecule is Nc1cnc(Cl)n2cnnc12. The van der Waals surface area contributed by atoms with Crippen LogP contribution in [-0.2, 0) is 0 Å². The van der Waals surface area contributed by atoms with Crippen LogP contribution in [0.5, 0.6) is 0 Å². The Hall–Kier alpha value is -1.36. The molecule has 0 aliphatic carbocycles. The van der Waals surface area contributed by atoms with Crippen LogP contribution in [0.25, 0.3) is 5.65 Å². The van der Waals surface area contributed by atoms with Crippen molar-refractivity contribution in [3.05, 3.63) is 17.8 Å². The van der Waals surface area contributed by atoms with Crippen LogP contribution >= 0.6 is 11.6 Å². The van der Waals surface area contributed by atoms with E-state index in [9.17, 15) is 0 Å². The van der Waals surface area contributed by atoms with Crippen LogP contribution < -0.4 is 5.73 Å². The topological polar surface area (TPSA) is 69.1 Å². The number of rotatable bonds is 0. The fourth-order valence-corrected chi connectivity index (χ4v) is 0.982. The molecule has 0 bridgehead atoms. The standard InChI is InChI=1S/C5H4ClN5/c6-5-8-1-3(7)4-10-9-2-11(4)5/h1-2H,7H2. The van der Waals surface area contributed by atoms with Gasteiger partial charge in [0.15, 0.2) is 5.65 Å². The number of hydrogen-bond acceptors (Lipinski definition) is 4. The Morgan fingerprint density at radius 3 is 3.09 bits per heavy atom. The molecule has 0 aromatic carbocycles. The summed E-state index contributed by atoms with van der Waals surface area (Å²) in [4.78, 5) is 3.80. The third kappa shape index (κ3) is 0.813. The lowest BCUT2D eigenvalue weighted by molar-refractivity contribution is 1.07.